The minimum Gasteiger partial charge on any atom is -0.428 e. The number of carbonyl (C=O) groups is 2. The fourth-order valence-electron chi connectivity index (χ4n) is 4.78. The molecule has 0 saturated carbocycles. The molecule has 0 spiro atoms. The summed E-state index contributed by atoms with van der Waals surface area (Å²) in [4.78, 5) is 26.2. The van der Waals surface area contributed by atoms with Crippen LogP contribution in [0.4, 0.5) is 43.9 Å². The summed E-state index contributed by atoms with van der Waals surface area (Å²) < 4.78 is 142. The first-order chi connectivity index (χ1) is 22.0. The van der Waals surface area contributed by atoms with Gasteiger partial charge >= 0.3 is 18.7 Å². The van der Waals surface area contributed by atoms with E-state index in [1.54, 1.807) is 6.07 Å². The van der Waals surface area contributed by atoms with Gasteiger partial charge in [0.2, 0.25) is 0 Å². The van der Waals surface area contributed by atoms with Crippen LogP contribution in [0.3, 0.4) is 0 Å². The quantitative estimate of drug-likeness (QED) is 0.170. The predicted octanol–water partition coefficient (Wildman–Crippen LogP) is 7.64. The summed E-state index contributed by atoms with van der Waals surface area (Å²) in [5.74, 6) is -7.58. The molecule has 0 aliphatic heterocycles. The van der Waals surface area contributed by atoms with Crippen molar-refractivity contribution in [1.29, 1.82) is 0 Å². The normalized spacial score (nSPS) is 13.2. The maximum absolute atomic E-state index is 15.1. The SMILES string of the molecule is CNC(=O)c1cc(C(Cc2ccccc2)(NC(=O)c2ccc(F)c(C(F)(F)F)c2)c2cc(F)cc(OC(F)(F)C(F)F)c2)ccc1F. The Labute approximate surface area is 260 Å². The molecule has 47 heavy (non-hydrogen) atoms. The van der Waals surface area contributed by atoms with Crippen LogP contribution < -0.4 is 15.4 Å². The molecule has 0 heterocycles. The van der Waals surface area contributed by atoms with E-state index in [9.17, 15) is 49.1 Å². The number of alkyl halides is 7. The van der Waals surface area contributed by atoms with Crippen LogP contribution in [-0.4, -0.2) is 31.4 Å². The minimum atomic E-state index is -5.23. The van der Waals surface area contributed by atoms with E-state index >= 15 is 4.39 Å². The topological polar surface area (TPSA) is 67.4 Å². The standard InChI is InChI=1S/C32H22F10N2O3/c1-43-28(46)23-14-19(8-10-25(23)34)30(16-17-5-3-2-4-6-17,20-12-21(33)15-22(13-20)47-32(41,42)29(36)37)44-27(45)18-7-9-26(35)24(11-18)31(38,39)40/h2-15,29H,16H2,1H3,(H,43,46)(H,44,45). The number of hydrogen-bond donors (Lipinski definition) is 2. The number of benzene rings is 4. The van der Waals surface area contributed by atoms with Gasteiger partial charge in [-0.05, 0) is 59.2 Å². The monoisotopic (exact) mass is 672 g/mol. The number of halogens is 10. The molecule has 2 N–H and O–H groups in total. The van der Waals surface area contributed by atoms with Gasteiger partial charge in [-0.2, -0.15) is 30.7 Å². The van der Waals surface area contributed by atoms with Crippen molar-refractivity contribution in [3.8, 4) is 5.75 Å². The van der Waals surface area contributed by atoms with Gasteiger partial charge in [0.1, 0.15) is 23.2 Å². The Hall–Kier alpha value is -5.08. The zero-order valence-corrected chi connectivity index (χ0v) is 23.9. The molecule has 4 rings (SSSR count). The van der Waals surface area contributed by atoms with Crippen molar-refractivity contribution < 1.29 is 58.2 Å². The van der Waals surface area contributed by atoms with Crippen LogP contribution in [0.5, 0.6) is 5.75 Å². The number of ether oxygens (including phenoxy) is 1. The first-order valence-electron chi connectivity index (χ1n) is 13.4. The minimum absolute atomic E-state index is 0.196. The summed E-state index contributed by atoms with van der Waals surface area (Å²) in [6.45, 7) is 0. The molecule has 4 aromatic carbocycles. The average molecular weight is 673 g/mol. The fourth-order valence-corrected chi connectivity index (χ4v) is 4.78. The first-order valence-corrected chi connectivity index (χ1v) is 13.4. The van der Waals surface area contributed by atoms with Crippen molar-refractivity contribution in [2.24, 2.45) is 0 Å². The Morgan fingerprint density at radius 3 is 2.04 bits per heavy atom. The van der Waals surface area contributed by atoms with Gasteiger partial charge < -0.3 is 15.4 Å². The van der Waals surface area contributed by atoms with Gasteiger partial charge in [-0.3, -0.25) is 9.59 Å². The maximum Gasteiger partial charge on any atom is 0.461 e. The molecule has 0 radical (unpaired) electrons. The molecule has 0 aliphatic carbocycles. The molecule has 4 aromatic rings. The van der Waals surface area contributed by atoms with Crippen molar-refractivity contribution in [3.63, 3.8) is 0 Å². The van der Waals surface area contributed by atoms with E-state index < -0.39 is 87.9 Å². The maximum atomic E-state index is 15.1. The molecule has 15 heteroatoms. The lowest BCUT2D eigenvalue weighted by molar-refractivity contribution is -0.253. The van der Waals surface area contributed by atoms with Gasteiger partial charge in [0.25, 0.3) is 11.8 Å². The zero-order valence-electron chi connectivity index (χ0n) is 23.9. The Kier molecular flexibility index (Phi) is 9.87. The number of rotatable bonds is 10. The number of hydrogen-bond acceptors (Lipinski definition) is 3. The molecule has 1 atom stereocenters. The van der Waals surface area contributed by atoms with E-state index in [1.165, 1.54) is 31.3 Å². The molecular weight excluding hydrogens is 650 g/mol. The largest absolute Gasteiger partial charge is 0.461 e. The molecule has 0 aliphatic rings. The van der Waals surface area contributed by atoms with Gasteiger partial charge in [0, 0.05) is 25.1 Å². The highest BCUT2D eigenvalue weighted by molar-refractivity contribution is 5.96. The van der Waals surface area contributed by atoms with Crippen molar-refractivity contribution in [2.75, 3.05) is 7.05 Å². The molecule has 0 bridgehead atoms. The summed E-state index contributed by atoms with van der Waals surface area (Å²) in [7, 11) is 1.17. The van der Waals surface area contributed by atoms with Crippen LogP contribution in [0.2, 0.25) is 0 Å². The molecule has 1 unspecified atom stereocenters. The summed E-state index contributed by atoms with van der Waals surface area (Å²) in [6.07, 6.45) is -15.2. The number of nitrogens with one attached hydrogen (secondary N) is 2. The first kappa shape index (κ1) is 34.8. The van der Waals surface area contributed by atoms with Crippen molar-refractivity contribution in [3.05, 3.63) is 136 Å². The Bertz CT molecular complexity index is 1780. The smallest absolute Gasteiger partial charge is 0.428 e. The van der Waals surface area contributed by atoms with Gasteiger partial charge in [0.15, 0.2) is 0 Å². The van der Waals surface area contributed by atoms with Crippen molar-refractivity contribution in [1.82, 2.24) is 10.6 Å². The summed E-state index contributed by atoms with van der Waals surface area (Å²) in [5.41, 5.74) is -5.87. The van der Waals surface area contributed by atoms with Crippen LogP contribution in [0.1, 0.15) is 43.0 Å². The molecule has 5 nitrogen and oxygen atoms in total. The lowest BCUT2D eigenvalue weighted by atomic mass is 9.77. The third-order valence-corrected chi connectivity index (χ3v) is 6.98. The number of carbonyl (C=O) groups excluding carboxylic acids is 2. The average Bonchev–Trinajstić information content (AvgIpc) is 3.00. The Morgan fingerprint density at radius 1 is 0.766 bits per heavy atom. The van der Waals surface area contributed by atoms with Crippen molar-refractivity contribution in [2.45, 2.75) is 30.7 Å². The van der Waals surface area contributed by atoms with Crippen LogP contribution in [0, 0.1) is 17.5 Å². The van der Waals surface area contributed by atoms with Crippen LogP contribution in [0.15, 0.2) is 84.9 Å². The highest BCUT2D eigenvalue weighted by Gasteiger charge is 2.45. The van der Waals surface area contributed by atoms with Gasteiger partial charge in [-0.25, -0.2) is 13.2 Å². The predicted molar refractivity (Wildman–Crippen MR) is 148 cm³/mol. The summed E-state index contributed by atoms with van der Waals surface area (Å²) >= 11 is 0. The second-order valence-corrected chi connectivity index (χ2v) is 10.1. The third-order valence-electron chi connectivity index (χ3n) is 6.98. The van der Waals surface area contributed by atoms with E-state index in [-0.39, 0.29) is 11.6 Å². The molecule has 0 fully saturated rings. The van der Waals surface area contributed by atoms with E-state index in [0.717, 1.165) is 18.2 Å². The molecule has 2 amide bonds. The molecular formula is C32H22F10N2O3. The lowest BCUT2D eigenvalue weighted by Gasteiger charge is -2.37. The van der Waals surface area contributed by atoms with E-state index in [0.29, 0.717) is 35.9 Å². The van der Waals surface area contributed by atoms with E-state index in [2.05, 4.69) is 15.4 Å². The highest BCUT2D eigenvalue weighted by atomic mass is 19.4. The van der Waals surface area contributed by atoms with Gasteiger partial charge in [0.05, 0.1) is 16.7 Å². The molecule has 248 valence electrons. The summed E-state index contributed by atoms with van der Waals surface area (Å²) in [5, 5.41) is 4.62. The molecule has 0 saturated heterocycles. The number of amides is 2. The second-order valence-electron chi connectivity index (χ2n) is 10.1. The van der Waals surface area contributed by atoms with E-state index in [1.807, 2.05) is 0 Å². The van der Waals surface area contributed by atoms with Gasteiger partial charge in [-0.15, -0.1) is 0 Å². The van der Waals surface area contributed by atoms with Crippen LogP contribution in [0.25, 0.3) is 0 Å². The fraction of sp³-hybridized carbons (Fsp3) is 0.188. The molecule has 0 aromatic heterocycles. The zero-order chi connectivity index (χ0) is 34.7. The summed E-state index contributed by atoms with van der Waals surface area (Å²) in [6, 6.07) is 13.3. The van der Waals surface area contributed by atoms with E-state index in [4.69, 9.17) is 0 Å². The highest BCUT2D eigenvalue weighted by Crippen LogP contribution is 2.39. The van der Waals surface area contributed by atoms with Crippen LogP contribution in [-0.2, 0) is 18.1 Å². The Morgan fingerprint density at radius 2 is 1.43 bits per heavy atom. The third kappa shape index (κ3) is 7.67. The van der Waals surface area contributed by atoms with Gasteiger partial charge in [-0.1, -0.05) is 36.4 Å². The Balaban J connectivity index is 2.04. The van der Waals surface area contributed by atoms with Crippen LogP contribution >= 0.6 is 0 Å². The lowest BCUT2D eigenvalue weighted by Crippen LogP contribution is -2.49. The second kappa shape index (κ2) is 13.3. The van der Waals surface area contributed by atoms with Crippen molar-refractivity contribution >= 4 is 11.8 Å².